The van der Waals surface area contributed by atoms with Crippen molar-refractivity contribution in [2.45, 2.75) is 32.0 Å². The number of pyridine rings is 1. The molecule has 1 atom stereocenters. The summed E-state index contributed by atoms with van der Waals surface area (Å²) in [4.78, 5) is 17.0. The number of halogens is 4. The van der Waals surface area contributed by atoms with Crippen molar-refractivity contribution >= 4 is 23.3 Å². The second-order valence-electron chi connectivity index (χ2n) is 4.88. The van der Waals surface area contributed by atoms with E-state index in [4.69, 9.17) is 11.6 Å². The largest absolute Gasteiger partial charge is 0.417 e. The van der Waals surface area contributed by atoms with Crippen LogP contribution in [0.5, 0.6) is 0 Å². The number of likely N-dealkylation sites (tertiary alicyclic amines) is 1. The van der Waals surface area contributed by atoms with Gasteiger partial charge in [0.05, 0.1) is 10.6 Å². The minimum atomic E-state index is -4.47. The van der Waals surface area contributed by atoms with E-state index in [-0.39, 0.29) is 22.8 Å². The van der Waals surface area contributed by atoms with Crippen molar-refractivity contribution in [3.63, 3.8) is 0 Å². The van der Waals surface area contributed by atoms with Crippen molar-refractivity contribution in [2.24, 2.45) is 0 Å². The maximum atomic E-state index is 12.5. The topological polar surface area (TPSA) is 45.2 Å². The van der Waals surface area contributed by atoms with Gasteiger partial charge in [-0.25, -0.2) is 4.98 Å². The maximum Gasteiger partial charge on any atom is 0.417 e. The first-order valence-corrected chi connectivity index (χ1v) is 6.96. The molecule has 1 amide bonds. The van der Waals surface area contributed by atoms with Gasteiger partial charge in [0.1, 0.15) is 5.82 Å². The summed E-state index contributed by atoms with van der Waals surface area (Å²) in [7, 11) is 0. The summed E-state index contributed by atoms with van der Waals surface area (Å²) in [5.41, 5.74) is -0.882. The average molecular weight is 322 g/mol. The molecule has 1 saturated heterocycles. The maximum absolute atomic E-state index is 12.5. The molecule has 0 spiro atoms. The minimum absolute atomic E-state index is 0.0535. The van der Waals surface area contributed by atoms with Crippen molar-refractivity contribution < 1.29 is 18.0 Å². The van der Waals surface area contributed by atoms with Crippen LogP contribution in [-0.4, -0.2) is 34.9 Å². The highest BCUT2D eigenvalue weighted by Gasteiger charge is 2.32. The third-order valence-electron chi connectivity index (χ3n) is 3.35. The molecule has 1 aliphatic heterocycles. The monoisotopic (exact) mass is 321 g/mol. The van der Waals surface area contributed by atoms with Crippen LogP contribution in [0, 0.1) is 0 Å². The van der Waals surface area contributed by atoms with Gasteiger partial charge in [0.15, 0.2) is 0 Å². The number of rotatable bonds is 3. The van der Waals surface area contributed by atoms with Crippen LogP contribution in [0.2, 0.25) is 5.02 Å². The van der Waals surface area contributed by atoms with E-state index < -0.39 is 11.7 Å². The second kappa shape index (κ2) is 6.09. The third-order valence-corrected chi connectivity index (χ3v) is 3.64. The molecule has 1 unspecified atom stereocenters. The number of amides is 1. The van der Waals surface area contributed by atoms with E-state index in [2.05, 4.69) is 10.3 Å². The molecular formula is C13H15ClF3N3O. The van der Waals surface area contributed by atoms with Crippen molar-refractivity contribution in [3.05, 3.63) is 22.8 Å². The van der Waals surface area contributed by atoms with Crippen molar-refractivity contribution in [2.75, 3.05) is 18.4 Å². The molecule has 1 fully saturated rings. The van der Waals surface area contributed by atoms with Crippen LogP contribution in [0.4, 0.5) is 19.0 Å². The number of hydrogen-bond acceptors (Lipinski definition) is 3. The molecule has 4 nitrogen and oxygen atoms in total. The summed E-state index contributed by atoms with van der Waals surface area (Å²) < 4.78 is 37.6. The Bertz CT molecular complexity index is 536. The Balaban J connectivity index is 2.03. The van der Waals surface area contributed by atoms with Crippen LogP contribution in [0.25, 0.3) is 0 Å². The number of nitrogens with zero attached hydrogens (tertiary/aromatic N) is 2. The van der Waals surface area contributed by atoms with Gasteiger partial charge >= 0.3 is 6.18 Å². The van der Waals surface area contributed by atoms with Gasteiger partial charge in [-0.15, -0.1) is 0 Å². The lowest BCUT2D eigenvalue weighted by Crippen LogP contribution is -2.31. The van der Waals surface area contributed by atoms with E-state index >= 15 is 0 Å². The second-order valence-corrected chi connectivity index (χ2v) is 5.28. The van der Waals surface area contributed by atoms with Gasteiger partial charge < -0.3 is 10.2 Å². The van der Waals surface area contributed by atoms with Crippen LogP contribution < -0.4 is 5.32 Å². The predicted molar refractivity (Wildman–Crippen MR) is 73.1 cm³/mol. The lowest BCUT2D eigenvalue weighted by molar-refractivity contribution is -0.137. The molecule has 1 aromatic rings. The molecule has 0 bridgehead atoms. The van der Waals surface area contributed by atoms with Crippen LogP contribution in [0.3, 0.4) is 0 Å². The quantitative estimate of drug-likeness (QED) is 0.930. The number of carbonyl (C=O) groups excluding carboxylic acids is 1. The van der Waals surface area contributed by atoms with Crippen LogP contribution in [0.15, 0.2) is 12.3 Å². The summed E-state index contributed by atoms with van der Waals surface area (Å²) in [5.74, 6) is 0.270. The number of hydrogen-bond donors (Lipinski definition) is 1. The van der Waals surface area contributed by atoms with Crippen molar-refractivity contribution in [3.8, 4) is 0 Å². The fraction of sp³-hybridized carbons (Fsp3) is 0.538. The van der Waals surface area contributed by atoms with Crippen LogP contribution >= 0.6 is 11.6 Å². The molecule has 2 heterocycles. The number of alkyl halides is 3. The molecular weight excluding hydrogens is 307 g/mol. The van der Waals surface area contributed by atoms with Gasteiger partial charge in [-0.2, -0.15) is 13.2 Å². The number of carbonyl (C=O) groups is 1. The van der Waals surface area contributed by atoms with E-state index in [0.717, 1.165) is 12.3 Å². The predicted octanol–water partition coefficient (Wildman–Crippen LogP) is 3.18. The Kier molecular flexibility index (Phi) is 4.61. The van der Waals surface area contributed by atoms with Gasteiger partial charge in [0.25, 0.3) is 0 Å². The molecule has 0 radical (unpaired) electrons. The molecule has 116 valence electrons. The molecule has 0 aliphatic carbocycles. The van der Waals surface area contributed by atoms with Gasteiger partial charge in [-0.1, -0.05) is 18.5 Å². The van der Waals surface area contributed by atoms with E-state index in [1.54, 1.807) is 11.8 Å². The Labute approximate surface area is 125 Å². The molecule has 1 N–H and O–H groups in total. The Hall–Kier alpha value is -1.50. The van der Waals surface area contributed by atoms with Gasteiger partial charge in [0, 0.05) is 31.7 Å². The number of anilines is 1. The SMILES string of the molecule is CCC(=O)N1CCC(Nc2ncc(C(F)(F)F)cc2Cl)C1. The van der Waals surface area contributed by atoms with Crippen LogP contribution in [0.1, 0.15) is 25.3 Å². The summed E-state index contributed by atoms with van der Waals surface area (Å²) >= 11 is 5.83. The van der Waals surface area contributed by atoms with Crippen molar-refractivity contribution in [1.82, 2.24) is 9.88 Å². The number of nitrogens with one attached hydrogen (secondary N) is 1. The van der Waals surface area contributed by atoms with E-state index in [0.29, 0.717) is 25.9 Å². The molecule has 1 aromatic heterocycles. The average Bonchev–Trinajstić information content (AvgIpc) is 2.87. The molecule has 21 heavy (non-hydrogen) atoms. The third kappa shape index (κ3) is 3.78. The Morgan fingerprint density at radius 1 is 1.57 bits per heavy atom. The highest BCUT2D eigenvalue weighted by molar-refractivity contribution is 6.33. The lowest BCUT2D eigenvalue weighted by atomic mass is 10.2. The smallest absolute Gasteiger partial charge is 0.364 e. The molecule has 1 aliphatic rings. The summed E-state index contributed by atoms with van der Waals surface area (Å²) in [5, 5.41) is 2.91. The number of aromatic nitrogens is 1. The zero-order valence-electron chi connectivity index (χ0n) is 11.4. The normalized spacial score (nSPS) is 18.9. The summed E-state index contributed by atoms with van der Waals surface area (Å²) in [6.07, 6.45) is -2.57. The Morgan fingerprint density at radius 3 is 2.86 bits per heavy atom. The highest BCUT2D eigenvalue weighted by atomic mass is 35.5. The van der Waals surface area contributed by atoms with E-state index in [1.807, 2.05) is 0 Å². The minimum Gasteiger partial charge on any atom is -0.364 e. The molecule has 0 aromatic carbocycles. The van der Waals surface area contributed by atoms with Crippen LogP contribution in [-0.2, 0) is 11.0 Å². The first kappa shape index (κ1) is 15.9. The van der Waals surface area contributed by atoms with Gasteiger partial charge in [-0.3, -0.25) is 4.79 Å². The fourth-order valence-corrected chi connectivity index (χ4v) is 2.44. The fourth-order valence-electron chi connectivity index (χ4n) is 2.22. The molecule has 8 heteroatoms. The van der Waals surface area contributed by atoms with Gasteiger partial charge in [0.2, 0.25) is 5.91 Å². The first-order chi connectivity index (χ1) is 9.81. The Morgan fingerprint density at radius 2 is 2.29 bits per heavy atom. The summed E-state index contributed by atoms with van der Waals surface area (Å²) in [6, 6.07) is 0.795. The molecule has 2 rings (SSSR count). The zero-order chi connectivity index (χ0) is 15.6. The molecule has 0 saturated carbocycles. The summed E-state index contributed by atoms with van der Waals surface area (Å²) in [6.45, 7) is 2.92. The van der Waals surface area contributed by atoms with E-state index in [9.17, 15) is 18.0 Å². The lowest BCUT2D eigenvalue weighted by Gasteiger charge is -2.17. The highest BCUT2D eigenvalue weighted by Crippen LogP contribution is 2.32. The van der Waals surface area contributed by atoms with E-state index in [1.165, 1.54) is 0 Å². The first-order valence-electron chi connectivity index (χ1n) is 6.58. The standard InChI is InChI=1S/C13H15ClF3N3O/c1-2-11(21)20-4-3-9(7-20)19-12-10(14)5-8(6-18-12)13(15,16)17/h5-6,9H,2-4,7H2,1H3,(H,18,19). The zero-order valence-corrected chi connectivity index (χ0v) is 12.1. The van der Waals surface area contributed by atoms with Crippen molar-refractivity contribution in [1.29, 1.82) is 0 Å². The van der Waals surface area contributed by atoms with Gasteiger partial charge in [-0.05, 0) is 12.5 Å².